The molecule has 2 fully saturated rings. The van der Waals surface area contributed by atoms with Gasteiger partial charge in [-0.1, -0.05) is 6.92 Å². The summed E-state index contributed by atoms with van der Waals surface area (Å²) in [6, 6.07) is 2.19. The first-order valence-corrected chi connectivity index (χ1v) is 8.80. The van der Waals surface area contributed by atoms with Crippen molar-refractivity contribution in [2.24, 2.45) is 0 Å². The van der Waals surface area contributed by atoms with Crippen LogP contribution in [-0.2, 0) is 14.8 Å². The zero-order valence-electron chi connectivity index (χ0n) is 12.0. The lowest BCUT2D eigenvalue weighted by Crippen LogP contribution is -2.53. The number of nitrogens with zero attached hydrogens (tertiary/aromatic N) is 3. The third kappa shape index (κ3) is 3.31. The van der Waals surface area contributed by atoms with Crippen molar-refractivity contribution in [3.05, 3.63) is 0 Å². The quantitative estimate of drug-likeness (QED) is 0.752. The van der Waals surface area contributed by atoms with Crippen LogP contribution in [0.1, 0.15) is 26.2 Å². The fourth-order valence-corrected chi connectivity index (χ4v) is 4.77. The molecule has 2 aliphatic heterocycles. The summed E-state index contributed by atoms with van der Waals surface area (Å²) in [4.78, 5) is 2.08. The van der Waals surface area contributed by atoms with Gasteiger partial charge in [-0.15, -0.1) is 0 Å². The molecule has 0 aromatic rings. The Bertz CT molecular complexity index is 446. The molecule has 2 rings (SSSR count). The molecular formula is C13H23N3O3S. The second kappa shape index (κ2) is 6.85. The normalized spacial score (nSPS) is 25.2. The van der Waals surface area contributed by atoms with E-state index in [4.69, 9.17) is 10.00 Å². The largest absolute Gasteiger partial charge is 0.381 e. The van der Waals surface area contributed by atoms with Gasteiger partial charge in [0.15, 0.2) is 0 Å². The molecule has 0 spiro atoms. The average Bonchev–Trinajstić information content (AvgIpc) is 2.50. The van der Waals surface area contributed by atoms with Crippen molar-refractivity contribution >= 4 is 10.0 Å². The topological polar surface area (TPSA) is 73.6 Å². The van der Waals surface area contributed by atoms with Crippen molar-refractivity contribution in [1.29, 1.82) is 5.26 Å². The predicted molar refractivity (Wildman–Crippen MR) is 75.6 cm³/mol. The summed E-state index contributed by atoms with van der Waals surface area (Å²) < 4.78 is 31.9. The molecule has 6 nitrogen and oxygen atoms in total. The number of nitriles is 1. The lowest BCUT2D eigenvalue weighted by atomic mass is 10.2. The van der Waals surface area contributed by atoms with Crippen LogP contribution in [0.2, 0.25) is 0 Å². The molecule has 0 amide bonds. The van der Waals surface area contributed by atoms with Gasteiger partial charge in [0.05, 0.1) is 17.4 Å². The first-order valence-electron chi connectivity index (χ1n) is 7.30. The number of hydrogen-bond acceptors (Lipinski definition) is 5. The van der Waals surface area contributed by atoms with Crippen molar-refractivity contribution < 1.29 is 13.2 Å². The number of ether oxygens (including phenoxy) is 1. The van der Waals surface area contributed by atoms with Crippen LogP contribution in [0.4, 0.5) is 0 Å². The van der Waals surface area contributed by atoms with E-state index in [2.05, 4.69) is 11.0 Å². The highest BCUT2D eigenvalue weighted by molar-refractivity contribution is 7.89. The first-order chi connectivity index (χ1) is 9.59. The minimum absolute atomic E-state index is 0.0945. The molecule has 2 saturated heterocycles. The molecule has 0 bridgehead atoms. The highest BCUT2D eigenvalue weighted by Crippen LogP contribution is 2.21. The molecule has 2 aliphatic rings. The Hall–Kier alpha value is -0.680. The van der Waals surface area contributed by atoms with E-state index in [1.54, 1.807) is 4.31 Å². The van der Waals surface area contributed by atoms with Crippen LogP contribution in [0, 0.1) is 11.3 Å². The van der Waals surface area contributed by atoms with Crippen LogP contribution < -0.4 is 0 Å². The monoisotopic (exact) mass is 301 g/mol. The number of sulfonamides is 1. The van der Waals surface area contributed by atoms with E-state index in [9.17, 15) is 8.42 Å². The summed E-state index contributed by atoms with van der Waals surface area (Å²) in [5.41, 5.74) is 0. The zero-order chi connectivity index (χ0) is 14.6. The van der Waals surface area contributed by atoms with Gasteiger partial charge in [0.1, 0.15) is 0 Å². The minimum atomic E-state index is -3.20. The van der Waals surface area contributed by atoms with Gasteiger partial charge in [-0.05, 0) is 19.3 Å². The van der Waals surface area contributed by atoms with Crippen LogP contribution in [0.3, 0.4) is 0 Å². The average molecular weight is 301 g/mol. The fourth-order valence-electron chi connectivity index (χ4n) is 2.89. The van der Waals surface area contributed by atoms with Gasteiger partial charge in [0, 0.05) is 39.4 Å². The maximum Gasteiger partial charge on any atom is 0.217 e. The van der Waals surface area contributed by atoms with E-state index in [0.717, 1.165) is 6.42 Å². The third-order valence-electron chi connectivity index (χ3n) is 4.20. The fraction of sp³-hybridized carbons (Fsp3) is 0.923. The molecular weight excluding hydrogens is 278 g/mol. The maximum absolute atomic E-state index is 12.5. The van der Waals surface area contributed by atoms with Crippen LogP contribution in [0.5, 0.6) is 0 Å². The Labute approximate surface area is 121 Å². The van der Waals surface area contributed by atoms with Gasteiger partial charge in [-0.3, -0.25) is 4.90 Å². The molecule has 0 N–H and O–H groups in total. The molecule has 114 valence electrons. The highest BCUT2D eigenvalue weighted by Gasteiger charge is 2.35. The molecule has 1 atom stereocenters. The van der Waals surface area contributed by atoms with Gasteiger partial charge in [0.2, 0.25) is 10.0 Å². The molecule has 0 aliphatic carbocycles. The smallest absolute Gasteiger partial charge is 0.217 e. The molecule has 7 heteroatoms. The van der Waals surface area contributed by atoms with E-state index in [1.807, 2.05) is 6.92 Å². The van der Waals surface area contributed by atoms with Crippen molar-refractivity contribution in [2.75, 3.05) is 39.4 Å². The Morgan fingerprint density at radius 3 is 2.35 bits per heavy atom. The van der Waals surface area contributed by atoms with Gasteiger partial charge >= 0.3 is 0 Å². The highest BCUT2D eigenvalue weighted by atomic mass is 32.2. The van der Waals surface area contributed by atoms with Crippen LogP contribution in [0.15, 0.2) is 0 Å². The van der Waals surface area contributed by atoms with E-state index >= 15 is 0 Å². The van der Waals surface area contributed by atoms with Crippen molar-refractivity contribution in [2.45, 2.75) is 37.5 Å². The van der Waals surface area contributed by atoms with Crippen molar-refractivity contribution in [1.82, 2.24) is 9.21 Å². The van der Waals surface area contributed by atoms with Gasteiger partial charge in [0.25, 0.3) is 0 Å². The lowest BCUT2D eigenvalue weighted by molar-refractivity contribution is 0.0958. The Balaban J connectivity index is 1.94. The molecule has 0 saturated carbocycles. The minimum Gasteiger partial charge on any atom is -0.381 e. The van der Waals surface area contributed by atoms with E-state index in [-0.39, 0.29) is 11.3 Å². The zero-order valence-corrected chi connectivity index (χ0v) is 12.8. The SMILES string of the molecule is CCC(C#N)N1CCN(S(=O)(=O)C2CCOCC2)CC1. The van der Waals surface area contributed by atoms with Crippen molar-refractivity contribution in [3.8, 4) is 6.07 Å². The Kier molecular flexibility index (Phi) is 5.38. The van der Waals surface area contributed by atoms with E-state index in [1.165, 1.54) is 0 Å². The molecule has 20 heavy (non-hydrogen) atoms. The van der Waals surface area contributed by atoms with Crippen LogP contribution >= 0.6 is 0 Å². The summed E-state index contributed by atoms with van der Waals surface area (Å²) in [6.07, 6.45) is 1.97. The van der Waals surface area contributed by atoms with Crippen LogP contribution in [0.25, 0.3) is 0 Å². The van der Waals surface area contributed by atoms with Gasteiger partial charge < -0.3 is 4.74 Å². The Morgan fingerprint density at radius 2 is 1.85 bits per heavy atom. The summed E-state index contributed by atoms with van der Waals surface area (Å²) in [5.74, 6) is 0. The summed E-state index contributed by atoms with van der Waals surface area (Å²) in [7, 11) is -3.20. The van der Waals surface area contributed by atoms with E-state index < -0.39 is 10.0 Å². The molecule has 1 unspecified atom stereocenters. The molecule has 2 heterocycles. The summed E-state index contributed by atoms with van der Waals surface area (Å²) in [5, 5.41) is 8.78. The lowest BCUT2D eigenvalue weighted by Gasteiger charge is -2.38. The number of piperazine rings is 1. The first kappa shape index (κ1) is 15.7. The van der Waals surface area contributed by atoms with Gasteiger partial charge in [-0.25, -0.2) is 8.42 Å². The van der Waals surface area contributed by atoms with Crippen LogP contribution in [-0.4, -0.2) is 68.3 Å². The standard InChI is InChI=1S/C13H23N3O3S/c1-2-12(11-14)15-5-7-16(8-6-15)20(17,18)13-3-9-19-10-4-13/h12-13H,2-10H2,1H3. The molecule has 0 radical (unpaired) electrons. The predicted octanol–water partition coefficient (Wildman–Crippen LogP) is 0.415. The summed E-state index contributed by atoms with van der Waals surface area (Å²) in [6.45, 7) is 5.35. The van der Waals surface area contributed by atoms with Gasteiger partial charge in [-0.2, -0.15) is 9.57 Å². The molecule has 0 aromatic heterocycles. The van der Waals surface area contributed by atoms with E-state index in [0.29, 0.717) is 52.2 Å². The number of rotatable bonds is 4. The second-order valence-corrected chi connectivity index (χ2v) is 7.56. The number of hydrogen-bond donors (Lipinski definition) is 0. The Morgan fingerprint density at radius 1 is 1.25 bits per heavy atom. The summed E-state index contributed by atoms with van der Waals surface area (Å²) >= 11 is 0. The maximum atomic E-state index is 12.5. The third-order valence-corrected chi connectivity index (χ3v) is 6.60. The second-order valence-electron chi connectivity index (χ2n) is 5.34. The molecule has 0 aromatic carbocycles. The van der Waals surface area contributed by atoms with Crippen molar-refractivity contribution in [3.63, 3.8) is 0 Å².